The SMILES string of the molecule is Cc1ccc(OCC(=O)Nc2ccc3c(c2)C(=O)Nc2cc(Cl)ccc2O3)cc1. The van der Waals surface area contributed by atoms with E-state index in [1.165, 1.54) is 0 Å². The maximum absolute atomic E-state index is 12.6. The van der Waals surface area contributed by atoms with Gasteiger partial charge in [0, 0.05) is 10.7 Å². The molecule has 4 rings (SSSR count). The molecule has 0 atom stereocenters. The van der Waals surface area contributed by atoms with Gasteiger partial charge in [0.1, 0.15) is 11.5 Å². The Labute approximate surface area is 172 Å². The van der Waals surface area contributed by atoms with Gasteiger partial charge in [-0.1, -0.05) is 29.3 Å². The first-order valence-electron chi connectivity index (χ1n) is 8.90. The molecular weight excluding hydrogens is 392 g/mol. The van der Waals surface area contributed by atoms with Crippen molar-refractivity contribution < 1.29 is 19.1 Å². The molecule has 7 heteroatoms. The number of carbonyl (C=O) groups excluding carboxylic acids is 2. The topological polar surface area (TPSA) is 76.7 Å². The molecule has 0 fully saturated rings. The van der Waals surface area contributed by atoms with Crippen molar-refractivity contribution in [2.24, 2.45) is 0 Å². The second-order valence-electron chi connectivity index (χ2n) is 6.56. The Kier molecular flexibility index (Phi) is 5.10. The molecule has 0 aromatic heterocycles. The molecular formula is C22H17ClN2O4. The summed E-state index contributed by atoms with van der Waals surface area (Å²) in [6.45, 7) is 1.83. The van der Waals surface area contributed by atoms with Gasteiger partial charge in [-0.2, -0.15) is 0 Å². The summed E-state index contributed by atoms with van der Waals surface area (Å²) in [5, 5.41) is 5.98. The van der Waals surface area contributed by atoms with Crippen molar-refractivity contribution in [3.63, 3.8) is 0 Å². The summed E-state index contributed by atoms with van der Waals surface area (Å²) in [7, 11) is 0. The normalized spacial score (nSPS) is 12.0. The number of carbonyl (C=O) groups is 2. The number of anilines is 2. The molecule has 0 saturated carbocycles. The fraction of sp³-hybridized carbons (Fsp3) is 0.0909. The molecule has 0 radical (unpaired) electrons. The summed E-state index contributed by atoms with van der Waals surface area (Å²) in [6, 6.07) is 17.3. The van der Waals surface area contributed by atoms with E-state index in [1.54, 1.807) is 48.5 Å². The van der Waals surface area contributed by atoms with Crippen molar-refractivity contribution in [2.75, 3.05) is 17.2 Å². The molecule has 0 unspecified atom stereocenters. The lowest BCUT2D eigenvalue weighted by atomic mass is 10.1. The maximum atomic E-state index is 12.6. The lowest BCUT2D eigenvalue weighted by Crippen LogP contribution is -2.20. The number of aryl methyl sites for hydroxylation is 1. The molecule has 2 N–H and O–H groups in total. The Morgan fingerprint density at radius 3 is 2.62 bits per heavy atom. The van der Waals surface area contributed by atoms with Crippen LogP contribution < -0.4 is 20.1 Å². The summed E-state index contributed by atoms with van der Waals surface area (Å²) in [5.41, 5.74) is 2.35. The number of halogens is 1. The summed E-state index contributed by atoms with van der Waals surface area (Å²) in [5.74, 6) is 0.794. The lowest BCUT2D eigenvalue weighted by molar-refractivity contribution is -0.118. The summed E-state index contributed by atoms with van der Waals surface area (Å²) in [4.78, 5) is 24.8. The van der Waals surface area contributed by atoms with Crippen LogP contribution in [0.1, 0.15) is 15.9 Å². The van der Waals surface area contributed by atoms with Crippen LogP contribution in [0.3, 0.4) is 0 Å². The van der Waals surface area contributed by atoms with Gasteiger partial charge in [-0.05, 0) is 55.5 Å². The third-order valence-corrected chi connectivity index (χ3v) is 4.54. The standard InChI is InChI=1S/C22H17ClN2O4/c1-13-2-6-16(7-3-13)28-12-21(26)24-15-5-9-19-17(11-15)22(27)25-18-10-14(23)4-8-20(18)29-19/h2-11H,12H2,1H3,(H,24,26)(H,25,27). The van der Waals surface area contributed by atoms with E-state index in [9.17, 15) is 9.59 Å². The monoisotopic (exact) mass is 408 g/mol. The zero-order valence-corrected chi connectivity index (χ0v) is 16.2. The van der Waals surface area contributed by atoms with E-state index in [0.29, 0.717) is 39.2 Å². The average Bonchev–Trinajstić information content (AvgIpc) is 2.83. The van der Waals surface area contributed by atoms with Crippen molar-refractivity contribution in [1.82, 2.24) is 0 Å². The molecule has 29 heavy (non-hydrogen) atoms. The third-order valence-electron chi connectivity index (χ3n) is 4.31. The molecule has 0 bridgehead atoms. The van der Waals surface area contributed by atoms with Gasteiger partial charge >= 0.3 is 0 Å². The van der Waals surface area contributed by atoms with Crippen LogP contribution in [0.5, 0.6) is 17.2 Å². The molecule has 3 aromatic carbocycles. The number of benzene rings is 3. The predicted octanol–water partition coefficient (Wildman–Crippen LogP) is 5.02. The summed E-state index contributed by atoms with van der Waals surface area (Å²) < 4.78 is 11.3. The van der Waals surface area contributed by atoms with Crippen LogP contribution >= 0.6 is 11.6 Å². The fourth-order valence-corrected chi connectivity index (χ4v) is 3.02. The van der Waals surface area contributed by atoms with E-state index in [0.717, 1.165) is 5.56 Å². The smallest absolute Gasteiger partial charge is 0.262 e. The molecule has 2 amide bonds. The molecule has 146 valence electrons. The number of hydrogen-bond acceptors (Lipinski definition) is 4. The number of hydrogen-bond donors (Lipinski definition) is 2. The second-order valence-corrected chi connectivity index (χ2v) is 6.99. The minimum Gasteiger partial charge on any atom is -0.484 e. The van der Waals surface area contributed by atoms with Crippen LogP contribution in [0.15, 0.2) is 60.7 Å². The van der Waals surface area contributed by atoms with Crippen LogP contribution in [0.2, 0.25) is 5.02 Å². The Hall–Kier alpha value is -3.51. The highest BCUT2D eigenvalue weighted by atomic mass is 35.5. The van der Waals surface area contributed by atoms with E-state index in [4.69, 9.17) is 21.1 Å². The highest BCUT2D eigenvalue weighted by Gasteiger charge is 2.21. The Morgan fingerprint density at radius 1 is 1.07 bits per heavy atom. The van der Waals surface area contributed by atoms with Crippen LogP contribution in [0.4, 0.5) is 11.4 Å². The molecule has 6 nitrogen and oxygen atoms in total. The zero-order chi connectivity index (χ0) is 20.4. The fourth-order valence-electron chi connectivity index (χ4n) is 2.85. The third kappa shape index (κ3) is 4.33. The largest absolute Gasteiger partial charge is 0.484 e. The van der Waals surface area contributed by atoms with E-state index >= 15 is 0 Å². The van der Waals surface area contributed by atoms with Gasteiger partial charge in [-0.15, -0.1) is 0 Å². The summed E-state index contributed by atoms with van der Waals surface area (Å²) >= 11 is 5.99. The van der Waals surface area contributed by atoms with Crippen LogP contribution in [0.25, 0.3) is 0 Å². The van der Waals surface area contributed by atoms with Crippen molar-refractivity contribution in [3.8, 4) is 17.2 Å². The van der Waals surface area contributed by atoms with Crippen LogP contribution in [-0.4, -0.2) is 18.4 Å². The van der Waals surface area contributed by atoms with E-state index < -0.39 is 0 Å². The molecule has 0 spiro atoms. The average molecular weight is 409 g/mol. The van der Waals surface area contributed by atoms with Crippen molar-refractivity contribution in [2.45, 2.75) is 6.92 Å². The molecule has 0 aliphatic carbocycles. The maximum Gasteiger partial charge on any atom is 0.262 e. The molecule has 1 heterocycles. The molecule has 1 aliphatic rings. The molecule has 3 aromatic rings. The van der Waals surface area contributed by atoms with Crippen LogP contribution in [0, 0.1) is 6.92 Å². The Bertz CT molecular complexity index is 1100. The van der Waals surface area contributed by atoms with E-state index in [-0.39, 0.29) is 18.4 Å². The van der Waals surface area contributed by atoms with Gasteiger partial charge in [0.25, 0.3) is 11.8 Å². The minimum absolute atomic E-state index is 0.146. The lowest BCUT2D eigenvalue weighted by Gasteiger charge is -2.10. The number of amides is 2. The number of fused-ring (bicyclic) bond motifs is 2. The molecule has 0 saturated heterocycles. The number of nitrogens with one attached hydrogen (secondary N) is 2. The first-order chi connectivity index (χ1) is 14.0. The zero-order valence-electron chi connectivity index (χ0n) is 15.5. The van der Waals surface area contributed by atoms with Crippen molar-refractivity contribution in [1.29, 1.82) is 0 Å². The number of rotatable bonds is 4. The second kappa shape index (κ2) is 7.85. The van der Waals surface area contributed by atoms with Crippen molar-refractivity contribution in [3.05, 3.63) is 76.8 Å². The quantitative estimate of drug-likeness (QED) is 0.635. The Morgan fingerprint density at radius 2 is 1.83 bits per heavy atom. The van der Waals surface area contributed by atoms with E-state index in [2.05, 4.69) is 10.6 Å². The van der Waals surface area contributed by atoms with Gasteiger partial charge in [-0.3, -0.25) is 9.59 Å². The van der Waals surface area contributed by atoms with Gasteiger partial charge in [0.05, 0.1) is 11.3 Å². The highest BCUT2D eigenvalue weighted by molar-refractivity contribution is 6.31. The van der Waals surface area contributed by atoms with Gasteiger partial charge in [0.2, 0.25) is 0 Å². The van der Waals surface area contributed by atoms with E-state index in [1.807, 2.05) is 19.1 Å². The first-order valence-corrected chi connectivity index (χ1v) is 9.28. The van der Waals surface area contributed by atoms with Gasteiger partial charge in [-0.25, -0.2) is 0 Å². The molecule has 1 aliphatic heterocycles. The number of ether oxygens (including phenoxy) is 2. The van der Waals surface area contributed by atoms with Gasteiger partial charge < -0.3 is 20.1 Å². The van der Waals surface area contributed by atoms with Crippen molar-refractivity contribution >= 4 is 34.8 Å². The van der Waals surface area contributed by atoms with Gasteiger partial charge in [0.15, 0.2) is 12.4 Å². The summed E-state index contributed by atoms with van der Waals surface area (Å²) in [6.07, 6.45) is 0. The minimum atomic E-state index is -0.354. The Balaban J connectivity index is 1.46. The van der Waals surface area contributed by atoms with Crippen LogP contribution in [-0.2, 0) is 4.79 Å². The highest BCUT2D eigenvalue weighted by Crippen LogP contribution is 2.37. The first kappa shape index (κ1) is 18.8. The predicted molar refractivity (Wildman–Crippen MR) is 111 cm³/mol.